The molecular weight excluding hydrogens is 623 g/mol. The van der Waals surface area contributed by atoms with Crippen molar-refractivity contribution in [2.45, 2.75) is 0 Å². The monoisotopic (exact) mass is 649 g/mol. The summed E-state index contributed by atoms with van der Waals surface area (Å²) in [5.74, 6) is 1.87. The number of hydrogen-bond acceptors (Lipinski definition) is 4. The fraction of sp³-hybridized carbons (Fsp3) is 0. The van der Waals surface area contributed by atoms with Gasteiger partial charge in [0.1, 0.15) is 11.2 Å². The van der Waals surface area contributed by atoms with Gasteiger partial charge >= 0.3 is 0 Å². The standard InChI is InChI=1S/C47H27N3O/c1-3-13-28(14-4-1)31-25-26-35(33-20-8-7-19-32(31)33)46-48-45(30-15-5-2-6-16-30)49-47(50-46)44-42-37-23-12-18-29-17-11-22-34(41(29)37)38(42)27-40-43(44)36-21-9-10-24-39(36)51-40/h1-27H. The normalized spacial score (nSPS) is 11.9. The van der Waals surface area contributed by atoms with E-state index in [1.165, 1.54) is 33.0 Å². The van der Waals surface area contributed by atoms with Gasteiger partial charge in [-0.2, -0.15) is 0 Å². The van der Waals surface area contributed by atoms with Crippen LogP contribution in [-0.4, -0.2) is 15.0 Å². The molecule has 0 amide bonds. The number of fused-ring (bicyclic) bond motifs is 7. The van der Waals surface area contributed by atoms with E-state index < -0.39 is 0 Å². The fourth-order valence-corrected chi connectivity index (χ4v) is 8.06. The molecule has 2 heterocycles. The topological polar surface area (TPSA) is 51.8 Å². The first-order chi connectivity index (χ1) is 25.3. The van der Waals surface area contributed by atoms with Crippen molar-refractivity contribution < 1.29 is 4.42 Å². The van der Waals surface area contributed by atoms with Crippen molar-refractivity contribution >= 4 is 43.5 Å². The van der Waals surface area contributed by atoms with Gasteiger partial charge in [-0.1, -0.05) is 146 Å². The Morgan fingerprint density at radius 3 is 1.73 bits per heavy atom. The van der Waals surface area contributed by atoms with Crippen LogP contribution < -0.4 is 0 Å². The van der Waals surface area contributed by atoms with Crippen molar-refractivity contribution in [2.75, 3.05) is 0 Å². The third-order valence-electron chi connectivity index (χ3n) is 10.3. The van der Waals surface area contributed by atoms with Crippen LogP contribution in [0, 0.1) is 0 Å². The van der Waals surface area contributed by atoms with Crippen molar-refractivity contribution in [2.24, 2.45) is 0 Å². The lowest BCUT2D eigenvalue weighted by molar-refractivity contribution is 0.669. The Balaban J connectivity index is 1.26. The molecule has 4 heteroatoms. The molecule has 0 bridgehead atoms. The number of benzene rings is 8. The molecule has 4 nitrogen and oxygen atoms in total. The van der Waals surface area contributed by atoms with Crippen LogP contribution in [0.1, 0.15) is 0 Å². The van der Waals surface area contributed by atoms with Gasteiger partial charge in [-0.15, -0.1) is 0 Å². The molecule has 0 fully saturated rings. The molecule has 0 spiro atoms. The van der Waals surface area contributed by atoms with Gasteiger partial charge in [-0.05, 0) is 67.6 Å². The van der Waals surface area contributed by atoms with Gasteiger partial charge in [0.25, 0.3) is 0 Å². The number of para-hydroxylation sites is 1. The summed E-state index contributed by atoms with van der Waals surface area (Å²) < 4.78 is 6.61. The summed E-state index contributed by atoms with van der Waals surface area (Å²) in [6.45, 7) is 0. The lowest BCUT2D eigenvalue weighted by atomic mass is 9.92. The largest absolute Gasteiger partial charge is 0.456 e. The highest BCUT2D eigenvalue weighted by atomic mass is 16.3. The number of hydrogen-bond donors (Lipinski definition) is 0. The molecule has 1 aliphatic carbocycles. The van der Waals surface area contributed by atoms with Crippen molar-refractivity contribution in [1.82, 2.24) is 15.0 Å². The molecule has 0 saturated carbocycles. The minimum absolute atomic E-state index is 0.619. The zero-order chi connectivity index (χ0) is 33.5. The molecule has 236 valence electrons. The van der Waals surface area contributed by atoms with E-state index in [-0.39, 0.29) is 0 Å². The Bertz CT molecular complexity index is 3010. The van der Waals surface area contributed by atoms with Crippen LogP contribution in [0.25, 0.3) is 111 Å². The molecule has 0 saturated heterocycles. The van der Waals surface area contributed by atoms with Crippen LogP contribution in [0.15, 0.2) is 168 Å². The maximum absolute atomic E-state index is 6.61. The zero-order valence-electron chi connectivity index (χ0n) is 27.3. The summed E-state index contributed by atoms with van der Waals surface area (Å²) in [7, 11) is 0. The summed E-state index contributed by atoms with van der Waals surface area (Å²) in [6, 6.07) is 57.2. The Labute approximate surface area is 293 Å². The van der Waals surface area contributed by atoms with Gasteiger partial charge in [0.05, 0.1) is 0 Å². The molecule has 0 atom stereocenters. The van der Waals surface area contributed by atoms with Crippen molar-refractivity contribution in [1.29, 1.82) is 0 Å². The number of nitrogens with zero attached hydrogens (tertiary/aromatic N) is 3. The Morgan fingerprint density at radius 1 is 0.333 bits per heavy atom. The lowest BCUT2D eigenvalue weighted by Crippen LogP contribution is -2.02. The molecule has 2 aromatic heterocycles. The first-order valence-corrected chi connectivity index (χ1v) is 17.2. The van der Waals surface area contributed by atoms with Crippen molar-refractivity contribution in [3.05, 3.63) is 164 Å². The van der Waals surface area contributed by atoms with E-state index in [1.807, 2.05) is 30.3 Å². The second-order valence-electron chi connectivity index (χ2n) is 13.1. The third-order valence-corrected chi connectivity index (χ3v) is 10.3. The van der Waals surface area contributed by atoms with E-state index in [2.05, 4.69) is 133 Å². The summed E-state index contributed by atoms with van der Waals surface area (Å²) in [5, 5.41) is 6.73. The molecular formula is C47H27N3O. The van der Waals surface area contributed by atoms with Gasteiger partial charge in [0, 0.05) is 33.0 Å². The SMILES string of the molecule is c1ccc(-c2nc(-c3ccc(-c4ccccc4)c4ccccc34)nc(-c3c4c(cc5oc6ccccc6c35)-c3cccc5cccc-4c35)n2)cc1. The summed E-state index contributed by atoms with van der Waals surface area (Å²) in [4.78, 5) is 16.0. The summed E-state index contributed by atoms with van der Waals surface area (Å²) in [5.41, 5.74) is 11.5. The predicted octanol–water partition coefficient (Wildman–Crippen LogP) is 12.4. The molecule has 8 aromatic carbocycles. The molecule has 1 aliphatic rings. The summed E-state index contributed by atoms with van der Waals surface area (Å²) >= 11 is 0. The molecule has 10 aromatic rings. The maximum atomic E-state index is 6.61. The van der Waals surface area contributed by atoms with Crippen LogP contribution in [0.4, 0.5) is 0 Å². The quantitative estimate of drug-likeness (QED) is 0.190. The van der Waals surface area contributed by atoms with Gasteiger partial charge < -0.3 is 4.42 Å². The van der Waals surface area contributed by atoms with E-state index in [0.717, 1.165) is 60.5 Å². The van der Waals surface area contributed by atoms with Crippen LogP contribution in [0.3, 0.4) is 0 Å². The molecule has 11 rings (SSSR count). The van der Waals surface area contributed by atoms with Crippen molar-refractivity contribution in [3.8, 4) is 67.5 Å². The van der Waals surface area contributed by atoms with Crippen molar-refractivity contribution in [3.63, 3.8) is 0 Å². The second-order valence-corrected chi connectivity index (χ2v) is 13.1. The Morgan fingerprint density at radius 2 is 0.941 bits per heavy atom. The third kappa shape index (κ3) is 4.17. The van der Waals surface area contributed by atoms with Crippen LogP contribution >= 0.6 is 0 Å². The zero-order valence-corrected chi connectivity index (χ0v) is 27.3. The van der Waals surface area contributed by atoms with E-state index in [0.29, 0.717) is 17.5 Å². The molecule has 0 radical (unpaired) electrons. The smallest absolute Gasteiger partial charge is 0.165 e. The second kappa shape index (κ2) is 10.8. The van der Waals surface area contributed by atoms with Gasteiger partial charge in [-0.25, -0.2) is 15.0 Å². The van der Waals surface area contributed by atoms with E-state index in [4.69, 9.17) is 19.4 Å². The van der Waals surface area contributed by atoms with Crippen LogP contribution in [0.2, 0.25) is 0 Å². The van der Waals surface area contributed by atoms with E-state index in [9.17, 15) is 0 Å². The number of rotatable bonds is 4. The fourth-order valence-electron chi connectivity index (χ4n) is 8.06. The average Bonchev–Trinajstić information content (AvgIpc) is 3.73. The number of furan rings is 1. The molecule has 0 N–H and O–H groups in total. The minimum Gasteiger partial charge on any atom is -0.456 e. The molecule has 0 unspecified atom stereocenters. The highest BCUT2D eigenvalue weighted by Crippen LogP contribution is 2.54. The number of aromatic nitrogens is 3. The minimum atomic E-state index is 0.619. The Kier molecular flexibility index (Phi) is 5.92. The summed E-state index contributed by atoms with van der Waals surface area (Å²) in [6.07, 6.45) is 0. The van der Waals surface area contributed by atoms with Gasteiger partial charge in [0.15, 0.2) is 17.5 Å². The average molecular weight is 650 g/mol. The Hall–Kier alpha value is -6.91. The predicted molar refractivity (Wildman–Crippen MR) is 208 cm³/mol. The van der Waals surface area contributed by atoms with E-state index >= 15 is 0 Å². The molecule has 51 heavy (non-hydrogen) atoms. The van der Waals surface area contributed by atoms with Crippen LogP contribution in [-0.2, 0) is 0 Å². The molecule has 0 aliphatic heterocycles. The van der Waals surface area contributed by atoms with Gasteiger partial charge in [0.2, 0.25) is 0 Å². The lowest BCUT2D eigenvalue weighted by Gasteiger charge is -2.15. The highest BCUT2D eigenvalue weighted by molar-refractivity contribution is 6.25. The van der Waals surface area contributed by atoms with Crippen LogP contribution in [0.5, 0.6) is 0 Å². The first-order valence-electron chi connectivity index (χ1n) is 17.2. The maximum Gasteiger partial charge on any atom is 0.165 e. The highest BCUT2D eigenvalue weighted by Gasteiger charge is 2.30. The van der Waals surface area contributed by atoms with E-state index in [1.54, 1.807) is 0 Å². The van der Waals surface area contributed by atoms with Gasteiger partial charge in [-0.3, -0.25) is 0 Å². The first kappa shape index (κ1) is 28.0.